The summed E-state index contributed by atoms with van der Waals surface area (Å²) in [7, 11) is 0. The molecule has 0 spiro atoms. The summed E-state index contributed by atoms with van der Waals surface area (Å²) in [5.41, 5.74) is 5.69. The third-order valence-electron chi connectivity index (χ3n) is 4.36. The van der Waals surface area contributed by atoms with Gasteiger partial charge in [0.2, 0.25) is 5.91 Å². The lowest BCUT2D eigenvalue weighted by Gasteiger charge is -2.38. The van der Waals surface area contributed by atoms with Gasteiger partial charge >= 0.3 is 0 Å². The van der Waals surface area contributed by atoms with Crippen LogP contribution in [0.3, 0.4) is 0 Å². The van der Waals surface area contributed by atoms with E-state index in [2.05, 4.69) is 39.9 Å². The van der Waals surface area contributed by atoms with Crippen LogP contribution in [0.2, 0.25) is 0 Å². The van der Waals surface area contributed by atoms with Crippen molar-refractivity contribution in [1.82, 2.24) is 5.32 Å². The highest BCUT2D eigenvalue weighted by Crippen LogP contribution is 2.36. The third-order valence-corrected chi connectivity index (χ3v) is 4.36. The van der Waals surface area contributed by atoms with Crippen molar-refractivity contribution >= 4 is 5.91 Å². The predicted octanol–water partition coefficient (Wildman–Crippen LogP) is 3.62. The quantitative estimate of drug-likeness (QED) is 0.774. The van der Waals surface area contributed by atoms with Crippen LogP contribution in [0.1, 0.15) is 79.6 Å². The first-order chi connectivity index (χ1) is 9.10. The molecule has 1 aliphatic rings. The minimum Gasteiger partial charge on any atom is -0.351 e. The minimum absolute atomic E-state index is 0.177. The van der Waals surface area contributed by atoms with Gasteiger partial charge in [0.05, 0.1) is 5.41 Å². The van der Waals surface area contributed by atoms with E-state index in [-0.39, 0.29) is 22.3 Å². The standard InChI is InChI=1S/C17H34N2O/c1-15(2,3)12-16(4,5)19-14(20)17(13-18)10-8-6-7-9-11-17/h6-13,18H2,1-5H3,(H,19,20). The SMILES string of the molecule is CC(C)(C)CC(C)(C)NC(=O)C1(CN)CCCCCC1. The number of amides is 1. The van der Waals surface area contributed by atoms with Gasteiger partial charge in [-0.2, -0.15) is 0 Å². The van der Waals surface area contributed by atoms with E-state index in [0.29, 0.717) is 6.54 Å². The lowest BCUT2D eigenvalue weighted by Crippen LogP contribution is -2.54. The molecule has 0 heterocycles. The first-order valence-corrected chi connectivity index (χ1v) is 8.13. The molecular weight excluding hydrogens is 248 g/mol. The van der Waals surface area contributed by atoms with Crippen molar-refractivity contribution in [2.75, 3.05) is 6.54 Å². The number of nitrogens with one attached hydrogen (secondary N) is 1. The lowest BCUT2D eigenvalue weighted by atomic mass is 9.77. The molecule has 118 valence electrons. The van der Waals surface area contributed by atoms with Crippen LogP contribution in [0.4, 0.5) is 0 Å². The Morgan fingerprint density at radius 1 is 1.05 bits per heavy atom. The highest BCUT2D eigenvalue weighted by molar-refractivity contribution is 5.83. The first-order valence-electron chi connectivity index (χ1n) is 8.13. The zero-order valence-corrected chi connectivity index (χ0v) is 14.1. The van der Waals surface area contributed by atoms with Crippen LogP contribution in [-0.4, -0.2) is 18.0 Å². The molecule has 1 aliphatic carbocycles. The van der Waals surface area contributed by atoms with E-state index in [1.54, 1.807) is 0 Å². The molecular formula is C17H34N2O. The molecule has 0 saturated heterocycles. The van der Waals surface area contributed by atoms with Gasteiger partial charge in [0.1, 0.15) is 0 Å². The summed E-state index contributed by atoms with van der Waals surface area (Å²) >= 11 is 0. The van der Waals surface area contributed by atoms with E-state index in [0.717, 1.165) is 32.1 Å². The molecule has 0 aliphatic heterocycles. The number of hydrogen-bond acceptors (Lipinski definition) is 2. The molecule has 0 bridgehead atoms. The van der Waals surface area contributed by atoms with Gasteiger partial charge in [-0.15, -0.1) is 0 Å². The Kier molecular flexibility index (Phi) is 5.65. The van der Waals surface area contributed by atoms with Crippen molar-refractivity contribution in [2.45, 2.75) is 85.1 Å². The molecule has 0 aromatic carbocycles. The Morgan fingerprint density at radius 2 is 1.55 bits per heavy atom. The molecule has 1 rings (SSSR count). The predicted molar refractivity (Wildman–Crippen MR) is 85.5 cm³/mol. The monoisotopic (exact) mass is 282 g/mol. The Balaban J connectivity index is 2.76. The summed E-state index contributed by atoms with van der Waals surface area (Å²) < 4.78 is 0. The number of nitrogens with two attached hydrogens (primary N) is 1. The second-order valence-electron chi connectivity index (χ2n) is 8.47. The smallest absolute Gasteiger partial charge is 0.227 e. The highest BCUT2D eigenvalue weighted by Gasteiger charge is 2.40. The van der Waals surface area contributed by atoms with E-state index in [1.807, 2.05) is 0 Å². The molecule has 0 radical (unpaired) electrons. The zero-order chi connectivity index (χ0) is 15.4. The van der Waals surface area contributed by atoms with Crippen molar-refractivity contribution in [2.24, 2.45) is 16.6 Å². The maximum atomic E-state index is 12.8. The van der Waals surface area contributed by atoms with Crippen LogP contribution in [0.15, 0.2) is 0 Å². The van der Waals surface area contributed by atoms with E-state index >= 15 is 0 Å². The van der Waals surface area contributed by atoms with E-state index in [9.17, 15) is 4.79 Å². The molecule has 3 N–H and O–H groups in total. The molecule has 0 aromatic rings. The number of hydrogen-bond donors (Lipinski definition) is 2. The summed E-state index contributed by atoms with van der Waals surface area (Å²) in [5.74, 6) is 0.177. The van der Waals surface area contributed by atoms with Crippen LogP contribution < -0.4 is 11.1 Å². The van der Waals surface area contributed by atoms with E-state index in [4.69, 9.17) is 5.73 Å². The number of rotatable bonds is 4. The van der Waals surface area contributed by atoms with E-state index < -0.39 is 0 Å². The van der Waals surface area contributed by atoms with Gasteiger partial charge in [-0.25, -0.2) is 0 Å². The molecule has 0 atom stereocenters. The summed E-state index contributed by atoms with van der Waals surface area (Å²) in [6.45, 7) is 11.4. The maximum Gasteiger partial charge on any atom is 0.227 e. The molecule has 1 saturated carbocycles. The number of carbonyl (C=O) groups excluding carboxylic acids is 1. The Hall–Kier alpha value is -0.570. The first kappa shape index (κ1) is 17.5. The zero-order valence-electron chi connectivity index (χ0n) is 14.1. The second-order valence-corrected chi connectivity index (χ2v) is 8.47. The molecule has 0 aromatic heterocycles. The molecule has 20 heavy (non-hydrogen) atoms. The van der Waals surface area contributed by atoms with E-state index in [1.165, 1.54) is 12.8 Å². The fraction of sp³-hybridized carbons (Fsp3) is 0.941. The van der Waals surface area contributed by atoms with Crippen molar-refractivity contribution in [3.05, 3.63) is 0 Å². The average Bonchev–Trinajstić information content (AvgIpc) is 2.50. The second kappa shape index (κ2) is 6.46. The average molecular weight is 282 g/mol. The highest BCUT2D eigenvalue weighted by atomic mass is 16.2. The summed E-state index contributed by atoms with van der Waals surface area (Å²) in [4.78, 5) is 12.8. The molecule has 1 amide bonds. The summed E-state index contributed by atoms with van der Waals surface area (Å²) in [6.07, 6.45) is 7.59. The normalized spacial score (nSPS) is 20.3. The lowest BCUT2D eigenvalue weighted by molar-refractivity contribution is -0.133. The largest absolute Gasteiger partial charge is 0.351 e. The van der Waals surface area contributed by atoms with Gasteiger partial charge in [-0.1, -0.05) is 46.5 Å². The summed E-state index contributed by atoms with van der Waals surface area (Å²) in [5, 5.41) is 3.28. The van der Waals surface area contributed by atoms with Crippen LogP contribution in [-0.2, 0) is 4.79 Å². The molecule has 0 unspecified atom stereocenters. The van der Waals surface area contributed by atoms with Gasteiger partial charge < -0.3 is 11.1 Å². The Labute approximate surface area is 125 Å². The van der Waals surface area contributed by atoms with Crippen molar-refractivity contribution in [1.29, 1.82) is 0 Å². The van der Waals surface area contributed by atoms with Gasteiger partial charge in [0.25, 0.3) is 0 Å². The van der Waals surface area contributed by atoms with Gasteiger partial charge in [-0.3, -0.25) is 4.79 Å². The Bertz CT molecular complexity index is 320. The molecule has 3 heteroatoms. The minimum atomic E-state index is -0.328. The van der Waals surface area contributed by atoms with Crippen molar-refractivity contribution < 1.29 is 4.79 Å². The van der Waals surface area contributed by atoms with Crippen LogP contribution in [0.25, 0.3) is 0 Å². The topological polar surface area (TPSA) is 55.1 Å². The number of carbonyl (C=O) groups is 1. The fourth-order valence-corrected chi connectivity index (χ4v) is 3.74. The van der Waals surface area contributed by atoms with Crippen LogP contribution >= 0.6 is 0 Å². The van der Waals surface area contributed by atoms with Crippen molar-refractivity contribution in [3.63, 3.8) is 0 Å². The van der Waals surface area contributed by atoms with Gasteiger partial charge in [0, 0.05) is 12.1 Å². The third kappa shape index (κ3) is 5.08. The molecule has 1 fully saturated rings. The van der Waals surface area contributed by atoms with Crippen LogP contribution in [0, 0.1) is 10.8 Å². The fourth-order valence-electron chi connectivity index (χ4n) is 3.74. The Morgan fingerprint density at radius 3 is 1.95 bits per heavy atom. The van der Waals surface area contributed by atoms with Crippen molar-refractivity contribution in [3.8, 4) is 0 Å². The molecule has 3 nitrogen and oxygen atoms in total. The van der Waals surface area contributed by atoms with Gasteiger partial charge in [-0.05, 0) is 38.5 Å². The van der Waals surface area contributed by atoms with Gasteiger partial charge in [0.15, 0.2) is 0 Å². The summed E-state index contributed by atoms with van der Waals surface area (Å²) in [6, 6.07) is 0. The maximum absolute atomic E-state index is 12.8. The van der Waals surface area contributed by atoms with Crippen LogP contribution in [0.5, 0.6) is 0 Å².